The van der Waals surface area contributed by atoms with Gasteiger partial charge in [0.1, 0.15) is 6.10 Å². The highest BCUT2D eigenvalue weighted by Crippen LogP contribution is 2.62. The molecule has 0 heterocycles. The predicted molar refractivity (Wildman–Crippen MR) is 87.6 cm³/mol. The lowest BCUT2D eigenvalue weighted by Crippen LogP contribution is -2.48. The first kappa shape index (κ1) is 15.4. The third kappa shape index (κ3) is 2.38. The van der Waals surface area contributed by atoms with Crippen molar-refractivity contribution >= 4 is 11.8 Å². The Morgan fingerprint density at radius 3 is 2.74 bits per heavy atom. The quantitative estimate of drug-likeness (QED) is 0.685. The van der Waals surface area contributed by atoms with E-state index in [1.54, 1.807) is 6.92 Å². The predicted octanol–water partition coefficient (Wildman–Crippen LogP) is 4.06. The summed E-state index contributed by atoms with van der Waals surface area (Å²) >= 11 is 0. The summed E-state index contributed by atoms with van der Waals surface area (Å²) in [7, 11) is 0. The standard InChI is InChI=1S/C20H28O3/c1-12(21)23-19-8-7-18-17-5-3-13-11-14(22)4-6-15(13)16(17)9-10-20(18,19)2/h11,15-19H,3-10H2,1-2H3/t15?,16?,17?,18?,19?,20-/m0/s1. The summed E-state index contributed by atoms with van der Waals surface area (Å²) in [5.41, 5.74) is 1.62. The molecular weight excluding hydrogens is 288 g/mol. The summed E-state index contributed by atoms with van der Waals surface area (Å²) in [6, 6.07) is 0. The molecule has 23 heavy (non-hydrogen) atoms. The van der Waals surface area contributed by atoms with Crippen LogP contribution in [0.25, 0.3) is 0 Å². The molecule has 0 aromatic heterocycles. The average Bonchev–Trinajstić information content (AvgIpc) is 2.83. The average molecular weight is 316 g/mol. The number of ether oxygens (including phenoxy) is 1. The van der Waals surface area contributed by atoms with E-state index in [9.17, 15) is 9.59 Å². The Labute approximate surface area is 138 Å². The van der Waals surface area contributed by atoms with Gasteiger partial charge < -0.3 is 4.74 Å². The fourth-order valence-electron chi connectivity index (χ4n) is 6.53. The van der Waals surface area contributed by atoms with E-state index in [1.165, 1.54) is 31.3 Å². The third-order valence-electron chi connectivity index (χ3n) is 7.52. The first-order chi connectivity index (χ1) is 11.0. The van der Waals surface area contributed by atoms with Crippen molar-refractivity contribution in [3.05, 3.63) is 11.6 Å². The number of carbonyl (C=O) groups excluding carboxylic acids is 2. The molecule has 3 saturated carbocycles. The molecular formula is C20H28O3. The highest BCUT2D eigenvalue weighted by Gasteiger charge is 2.57. The SMILES string of the molecule is CC(=O)OC1CCC2C3CCC4=CC(=O)CCC4C3CC[C@]12C. The molecule has 5 unspecified atom stereocenters. The number of esters is 1. The van der Waals surface area contributed by atoms with Crippen molar-refractivity contribution in [1.82, 2.24) is 0 Å². The van der Waals surface area contributed by atoms with Crippen LogP contribution in [-0.4, -0.2) is 17.9 Å². The summed E-state index contributed by atoms with van der Waals surface area (Å²) in [6.07, 6.45) is 10.9. The molecule has 4 aliphatic rings. The first-order valence-corrected chi connectivity index (χ1v) is 9.39. The van der Waals surface area contributed by atoms with Gasteiger partial charge in [-0.25, -0.2) is 0 Å². The van der Waals surface area contributed by atoms with E-state index in [0.717, 1.165) is 37.5 Å². The van der Waals surface area contributed by atoms with E-state index in [-0.39, 0.29) is 17.5 Å². The molecule has 3 fully saturated rings. The summed E-state index contributed by atoms with van der Waals surface area (Å²) < 4.78 is 5.69. The smallest absolute Gasteiger partial charge is 0.302 e. The zero-order chi connectivity index (χ0) is 16.2. The fourth-order valence-corrected chi connectivity index (χ4v) is 6.53. The molecule has 0 bridgehead atoms. The zero-order valence-electron chi connectivity index (χ0n) is 14.3. The molecule has 3 nitrogen and oxygen atoms in total. The number of allylic oxidation sites excluding steroid dienone is 1. The maximum absolute atomic E-state index is 11.7. The van der Waals surface area contributed by atoms with Crippen LogP contribution in [-0.2, 0) is 14.3 Å². The minimum absolute atomic E-state index is 0.121. The van der Waals surface area contributed by atoms with Gasteiger partial charge in [-0.05, 0) is 74.7 Å². The normalized spacial score (nSPS) is 45.6. The first-order valence-electron chi connectivity index (χ1n) is 9.39. The minimum Gasteiger partial charge on any atom is -0.462 e. The number of hydrogen-bond acceptors (Lipinski definition) is 3. The Morgan fingerprint density at radius 2 is 1.96 bits per heavy atom. The van der Waals surface area contributed by atoms with Gasteiger partial charge in [-0.15, -0.1) is 0 Å². The summed E-state index contributed by atoms with van der Waals surface area (Å²) in [5.74, 6) is 3.10. The van der Waals surface area contributed by atoms with E-state index in [1.807, 2.05) is 6.08 Å². The van der Waals surface area contributed by atoms with Crippen LogP contribution < -0.4 is 0 Å². The van der Waals surface area contributed by atoms with Crippen molar-refractivity contribution in [2.24, 2.45) is 29.1 Å². The molecule has 6 atom stereocenters. The van der Waals surface area contributed by atoms with Crippen LogP contribution in [0, 0.1) is 29.1 Å². The van der Waals surface area contributed by atoms with Gasteiger partial charge in [0.15, 0.2) is 5.78 Å². The van der Waals surface area contributed by atoms with Crippen molar-refractivity contribution in [2.75, 3.05) is 0 Å². The van der Waals surface area contributed by atoms with Crippen molar-refractivity contribution in [3.63, 3.8) is 0 Å². The number of ketones is 1. The van der Waals surface area contributed by atoms with Crippen molar-refractivity contribution in [2.45, 2.75) is 71.3 Å². The monoisotopic (exact) mass is 316 g/mol. The highest BCUT2D eigenvalue weighted by atomic mass is 16.5. The van der Waals surface area contributed by atoms with Crippen molar-refractivity contribution < 1.29 is 14.3 Å². The molecule has 0 amide bonds. The summed E-state index contributed by atoms with van der Waals surface area (Å²) in [5, 5.41) is 0. The van der Waals surface area contributed by atoms with Crippen LogP contribution in [0.2, 0.25) is 0 Å². The Morgan fingerprint density at radius 1 is 1.13 bits per heavy atom. The summed E-state index contributed by atoms with van der Waals surface area (Å²) in [4.78, 5) is 23.2. The van der Waals surface area contributed by atoms with Crippen LogP contribution in [0.3, 0.4) is 0 Å². The lowest BCUT2D eigenvalue weighted by molar-refractivity contribution is -0.156. The zero-order valence-corrected chi connectivity index (χ0v) is 14.3. The molecule has 0 spiro atoms. The minimum atomic E-state index is -0.126. The lowest BCUT2D eigenvalue weighted by atomic mass is 9.52. The Balaban J connectivity index is 1.57. The number of hydrogen-bond donors (Lipinski definition) is 0. The highest BCUT2D eigenvalue weighted by molar-refractivity contribution is 5.91. The van der Waals surface area contributed by atoms with E-state index in [2.05, 4.69) is 6.92 Å². The fraction of sp³-hybridized carbons (Fsp3) is 0.800. The number of fused-ring (bicyclic) bond motifs is 5. The molecule has 0 aromatic rings. The van der Waals surface area contributed by atoms with Gasteiger partial charge in [-0.1, -0.05) is 12.5 Å². The van der Waals surface area contributed by atoms with E-state index >= 15 is 0 Å². The van der Waals surface area contributed by atoms with Gasteiger partial charge in [-0.3, -0.25) is 9.59 Å². The van der Waals surface area contributed by atoms with Crippen molar-refractivity contribution in [1.29, 1.82) is 0 Å². The summed E-state index contributed by atoms with van der Waals surface area (Å²) in [6.45, 7) is 3.91. The largest absolute Gasteiger partial charge is 0.462 e. The second-order valence-electron chi connectivity index (χ2n) is 8.52. The van der Waals surface area contributed by atoms with Crippen LogP contribution in [0.1, 0.15) is 65.2 Å². The van der Waals surface area contributed by atoms with Crippen LogP contribution >= 0.6 is 0 Å². The van der Waals surface area contributed by atoms with Crippen LogP contribution in [0.15, 0.2) is 11.6 Å². The van der Waals surface area contributed by atoms with Crippen molar-refractivity contribution in [3.8, 4) is 0 Å². The number of rotatable bonds is 1. The third-order valence-corrected chi connectivity index (χ3v) is 7.52. The van der Waals surface area contributed by atoms with E-state index in [4.69, 9.17) is 4.74 Å². The van der Waals surface area contributed by atoms with E-state index < -0.39 is 0 Å². The molecule has 3 heteroatoms. The van der Waals surface area contributed by atoms with Gasteiger partial charge in [-0.2, -0.15) is 0 Å². The molecule has 126 valence electrons. The Hall–Kier alpha value is -1.12. The molecule has 0 aliphatic heterocycles. The molecule has 4 rings (SSSR count). The van der Waals surface area contributed by atoms with Crippen LogP contribution in [0.4, 0.5) is 0 Å². The van der Waals surface area contributed by atoms with E-state index in [0.29, 0.717) is 17.6 Å². The Kier molecular flexibility index (Phi) is 3.66. The van der Waals surface area contributed by atoms with Gasteiger partial charge in [0.2, 0.25) is 0 Å². The Bertz CT molecular complexity index is 563. The lowest BCUT2D eigenvalue weighted by Gasteiger charge is -2.53. The molecule has 0 radical (unpaired) electrons. The molecule has 0 aromatic carbocycles. The van der Waals surface area contributed by atoms with Gasteiger partial charge in [0, 0.05) is 18.8 Å². The van der Waals surface area contributed by atoms with Gasteiger partial charge >= 0.3 is 5.97 Å². The van der Waals surface area contributed by atoms with Crippen LogP contribution in [0.5, 0.6) is 0 Å². The molecule has 4 aliphatic carbocycles. The molecule has 0 saturated heterocycles. The van der Waals surface area contributed by atoms with Gasteiger partial charge in [0.05, 0.1) is 0 Å². The maximum atomic E-state index is 11.7. The topological polar surface area (TPSA) is 43.4 Å². The maximum Gasteiger partial charge on any atom is 0.302 e. The second kappa shape index (κ2) is 5.46. The number of carbonyl (C=O) groups is 2. The second-order valence-corrected chi connectivity index (χ2v) is 8.52. The van der Waals surface area contributed by atoms with Gasteiger partial charge in [0.25, 0.3) is 0 Å². The molecule has 0 N–H and O–H groups in total.